The molecule has 1 heterocycles. The van der Waals surface area contributed by atoms with Crippen LogP contribution in [0.15, 0.2) is 29.7 Å². The molecule has 1 saturated carbocycles. The number of rotatable bonds is 3. The standard InChI is InChI=1S/C22H30N6O/c1-22(2)18-19(25-12-26-21(18)24)16-10-9-15(11-17(16)20(22)27-29-4)28(3)14-7-5-13(23)6-8-14/h9-14H,5-8,23H2,1-4H3,(H2,24,25,26)/b27-20+. The molecule has 0 unspecified atom stereocenters. The van der Waals surface area contributed by atoms with Crippen molar-refractivity contribution in [2.24, 2.45) is 10.9 Å². The Kier molecular flexibility index (Phi) is 4.94. The summed E-state index contributed by atoms with van der Waals surface area (Å²) >= 11 is 0. The normalized spacial score (nSPS) is 24.0. The van der Waals surface area contributed by atoms with Crippen LogP contribution in [0.2, 0.25) is 0 Å². The summed E-state index contributed by atoms with van der Waals surface area (Å²) in [6, 6.07) is 7.30. The van der Waals surface area contributed by atoms with Gasteiger partial charge in [-0.1, -0.05) is 11.2 Å². The summed E-state index contributed by atoms with van der Waals surface area (Å²) < 4.78 is 0. The van der Waals surface area contributed by atoms with E-state index in [0.29, 0.717) is 17.9 Å². The lowest BCUT2D eigenvalue weighted by Gasteiger charge is -2.37. The fourth-order valence-corrected chi connectivity index (χ4v) is 4.78. The quantitative estimate of drug-likeness (QED) is 0.776. The van der Waals surface area contributed by atoms with Crippen LogP contribution in [-0.4, -0.2) is 41.9 Å². The highest BCUT2D eigenvalue weighted by Crippen LogP contribution is 2.45. The molecular weight excluding hydrogens is 364 g/mol. The molecule has 0 spiro atoms. The molecule has 0 amide bonds. The Morgan fingerprint density at radius 2 is 1.86 bits per heavy atom. The van der Waals surface area contributed by atoms with Crippen LogP contribution in [-0.2, 0) is 10.3 Å². The molecule has 1 aromatic carbocycles. The SMILES string of the molecule is CO/N=C1\c2cc(N(C)C3CCC(N)CC3)ccc2-c2ncnc(N)c2C1(C)C. The summed E-state index contributed by atoms with van der Waals surface area (Å²) in [5, 5.41) is 4.41. The summed E-state index contributed by atoms with van der Waals surface area (Å²) in [6.45, 7) is 4.18. The highest BCUT2D eigenvalue weighted by molar-refractivity contribution is 6.16. The predicted octanol–water partition coefficient (Wildman–Crippen LogP) is 3.07. The largest absolute Gasteiger partial charge is 0.399 e. The Morgan fingerprint density at radius 1 is 1.14 bits per heavy atom. The maximum Gasteiger partial charge on any atom is 0.131 e. The van der Waals surface area contributed by atoms with Crippen molar-refractivity contribution in [1.82, 2.24) is 9.97 Å². The number of nitrogen functional groups attached to an aromatic ring is 1. The van der Waals surface area contributed by atoms with Crippen LogP contribution < -0.4 is 16.4 Å². The van der Waals surface area contributed by atoms with E-state index in [1.54, 1.807) is 7.11 Å². The molecule has 4 rings (SSSR count). The Morgan fingerprint density at radius 3 is 2.55 bits per heavy atom. The lowest BCUT2D eigenvalue weighted by Crippen LogP contribution is -2.39. The highest BCUT2D eigenvalue weighted by Gasteiger charge is 2.41. The van der Waals surface area contributed by atoms with Gasteiger partial charge in [0.2, 0.25) is 0 Å². The zero-order valence-electron chi connectivity index (χ0n) is 17.6. The van der Waals surface area contributed by atoms with Crippen molar-refractivity contribution in [3.63, 3.8) is 0 Å². The summed E-state index contributed by atoms with van der Waals surface area (Å²) in [5.41, 5.74) is 17.7. The zero-order chi connectivity index (χ0) is 20.8. The van der Waals surface area contributed by atoms with Crippen LogP contribution in [0, 0.1) is 0 Å². The minimum absolute atomic E-state index is 0.339. The summed E-state index contributed by atoms with van der Waals surface area (Å²) in [6.07, 6.45) is 5.91. The number of fused-ring (bicyclic) bond motifs is 3. The smallest absolute Gasteiger partial charge is 0.131 e. The Bertz CT molecular complexity index is 946. The van der Waals surface area contributed by atoms with Crippen molar-refractivity contribution < 1.29 is 4.84 Å². The van der Waals surface area contributed by atoms with Gasteiger partial charge in [0.1, 0.15) is 19.3 Å². The molecule has 7 nitrogen and oxygen atoms in total. The van der Waals surface area contributed by atoms with E-state index in [1.165, 1.54) is 6.33 Å². The number of nitrogens with two attached hydrogens (primary N) is 2. The summed E-state index contributed by atoms with van der Waals surface area (Å²) in [4.78, 5) is 16.4. The van der Waals surface area contributed by atoms with Crippen molar-refractivity contribution in [3.05, 3.63) is 35.7 Å². The first-order valence-corrected chi connectivity index (χ1v) is 10.2. The fourth-order valence-electron chi connectivity index (χ4n) is 4.78. The maximum absolute atomic E-state index is 6.25. The molecule has 2 aliphatic carbocycles. The van der Waals surface area contributed by atoms with Gasteiger partial charge in [-0.3, -0.25) is 0 Å². The van der Waals surface area contributed by atoms with Crippen LogP contribution in [0.4, 0.5) is 11.5 Å². The topological polar surface area (TPSA) is 103 Å². The van der Waals surface area contributed by atoms with Gasteiger partial charge in [0.25, 0.3) is 0 Å². The zero-order valence-corrected chi connectivity index (χ0v) is 17.6. The monoisotopic (exact) mass is 394 g/mol. The molecule has 0 bridgehead atoms. The van der Waals surface area contributed by atoms with Crippen LogP contribution in [0.3, 0.4) is 0 Å². The van der Waals surface area contributed by atoms with E-state index in [2.05, 4.69) is 59.1 Å². The van der Waals surface area contributed by atoms with Crippen molar-refractivity contribution in [2.75, 3.05) is 24.8 Å². The van der Waals surface area contributed by atoms with E-state index in [0.717, 1.165) is 59.5 Å². The molecule has 1 aromatic heterocycles. The molecule has 29 heavy (non-hydrogen) atoms. The van der Waals surface area contributed by atoms with Crippen molar-refractivity contribution >= 4 is 17.2 Å². The summed E-state index contributed by atoms with van der Waals surface area (Å²) in [7, 11) is 3.74. The minimum atomic E-state index is -0.474. The number of hydrogen-bond donors (Lipinski definition) is 2. The average molecular weight is 395 g/mol. The third kappa shape index (κ3) is 3.23. The number of nitrogens with zero attached hydrogens (tertiary/aromatic N) is 4. The number of benzene rings is 1. The van der Waals surface area contributed by atoms with Gasteiger partial charge in [-0.05, 0) is 51.7 Å². The predicted molar refractivity (Wildman–Crippen MR) is 117 cm³/mol. The van der Waals surface area contributed by atoms with E-state index in [9.17, 15) is 0 Å². The first-order valence-electron chi connectivity index (χ1n) is 10.2. The van der Waals surface area contributed by atoms with Gasteiger partial charge in [0, 0.05) is 46.9 Å². The first kappa shape index (κ1) is 19.6. The van der Waals surface area contributed by atoms with E-state index < -0.39 is 5.41 Å². The molecule has 0 atom stereocenters. The molecule has 0 radical (unpaired) electrons. The van der Waals surface area contributed by atoms with E-state index in [4.69, 9.17) is 16.3 Å². The Balaban J connectivity index is 1.82. The van der Waals surface area contributed by atoms with Gasteiger partial charge in [0.05, 0.1) is 11.4 Å². The van der Waals surface area contributed by atoms with E-state index in [1.807, 2.05) is 0 Å². The third-order valence-corrected chi connectivity index (χ3v) is 6.49. The average Bonchev–Trinajstić information content (AvgIpc) is 2.70. The van der Waals surface area contributed by atoms with Crippen LogP contribution in [0.5, 0.6) is 0 Å². The van der Waals surface area contributed by atoms with E-state index >= 15 is 0 Å². The number of aromatic nitrogens is 2. The Labute approximate surface area is 172 Å². The summed E-state index contributed by atoms with van der Waals surface area (Å²) in [5.74, 6) is 0.481. The van der Waals surface area contributed by atoms with Gasteiger partial charge in [-0.15, -0.1) is 0 Å². The second-order valence-corrected chi connectivity index (χ2v) is 8.64. The van der Waals surface area contributed by atoms with Gasteiger partial charge in [-0.2, -0.15) is 0 Å². The molecule has 154 valence electrons. The van der Waals surface area contributed by atoms with Crippen LogP contribution in [0.25, 0.3) is 11.3 Å². The molecule has 2 aliphatic rings. The van der Waals surface area contributed by atoms with Crippen molar-refractivity contribution in [1.29, 1.82) is 0 Å². The lowest BCUT2D eigenvalue weighted by atomic mass is 9.70. The molecule has 0 saturated heterocycles. The van der Waals surface area contributed by atoms with Gasteiger partial charge in [0.15, 0.2) is 0 Å². The number of anilines is 2. The van der Waals surface area contributed by atoms with Gasteiger partial charge in [-0.25, -0.2) is 9.97 Å². The lowest BCUT2D eigenvalue weighted by molar-refractivity contribution is 0.211. The van der Waals surface area contributed by atoms with E-state index in [-0.39, 0.29) is 0 Å². The Hall–Kier alpha value is -2.67. The highest BCUT2D eigenvalue weighted by atomic mass is 16.6. The third-order valence-electron chi connectivity index (χ3n) is 6.49. The second kappa shape index (κ2) is 7.30. The van der Waals surface area contributed by atoms with Gasteiger partial charge >= 0.3 is 0 Å². The number of hydrogen-bond acceptors (Lipinski definition) is 7. The molecule has 0 aliphatic heterocycles. The minimum Gasteiger partial charge on any atom is -0.399 e. The fraction of sp³-hybridized carbons (Fsp3) is 0.500. The first-order chi connectivity index (χ1) is 13.8. The number of oxime groups is 1. The van der Waals surface area contributed by atoms with Crippen LogP contribution >= 0.6 is 0 Å². The second-order valence-electron chi connectivity index (χ2n) is 8.64. The van der Waals surface area contributed by atoms with Gasteiger partial charge < -0.3 is 21.2 Å². The van der Waals surface area contributed by atoms with Crippen LogP contribution in [0.1, 0.15) is 50.7 Å². The molecule has 1 fully saturated rings. The molecule has 7 heteroatoms. The molecular formula is C22H30N6O. The molecule has 2 aromatic rings. The molecule has 4 N–H and O–H groups in total. The van der Waals surface area contributed by atoms with Crippen molar-refractivity contribution in [3.8, 4) is 11.3 Å². The van der Waals surface area contributed by atoms with Crippen molar-refractivity contribution in [2.45, 2.75) is 57.0 Å². The maximum atomic E-state index is 6.25.